The number of rotatable bonds is 5. The monoisotopic (exact) mass is 344 g/mol. The van der Waals surface area contributed by atoms with Crippen LogP contribution >= 0.6 is 0 Å². The number of nitrogens with zero attached hydrogens (tertiary/aromatic N) is 2. The molecular weight excluding hydrogens is 328 g/mol. The van der Waals surface area contributed by atoms with Crippen molar-refractivity contribution in [2.75, 3.05) is 17.7 Å². The molecule has 3 aromatic rings. The summed E-state index contributed by atoms with van der Waals surface area (Å²) in [7, 11) is 1.57. The van der Waals surface area contributed by atoms with Crippen LogP contribution in [0.3, 0.4) is 0 Å². The van der Waals surface area contributed by atoms with Crippen LogP contribution in [-0.2, 0) is 0 Å². The van der Waals surface area contributed by atoms with Gasteiger partial charge in [-0.2, -0.15) is 5.26 Å². The Kier molecular flexibility index (Phi) is 5.11. The minimum atomic E-state index is -0.317. The van der Waals surface area contributed by atoms with Crippen molar-refractivity contribution in [1.82, 2.24) is 4.98 Å². The van der Waals surface area contributed by atoms with E-state index < -0.39 is 0 Å². The minimum absolute atomic E-state index is 0.284. The SMILES string of the molecule is COc1cccc(NC(=O)c2ccc(Nc3ccccc3C#N)cn2)c1. The van der Waals surface area contributed by atoms with Crippen LogP contribution < -0.4 is 15.4 Å². The van der Waals surface area contributed by atoms with Crippen LogP contribution in [0.25, 0.3) is 0 Å². The zero-order chi connectivity index (χ0) is 18.4. The third kappa shape index (κ3) is 3.97. The van der Waals surface area contributed by atoms with Crippen molar-refractivity contribution in [3.05, 3.63) is 78.1 Å². The fourth-order valence-corrected chi connectivity index (χ4v) is 2.34. The van der Waals surface area contributed by atoms with Gasteiger partial charge in [-0.3, -0.25) is 4.79 Å². The predicted octanol–water partition coefficient (Wildman–Crippen LogP) is 3.96. The van der Waals surface area contributed by atoms with Gasteiger partial charge < -0.3 is 15.4 Å². The fraction of sp³-hybridized carbons (Fsp3) is 0.0500. The van der Waals surface area contributed by atoms with E-state index in [0.717, 1.165) is 0 Å². The highest BCUT2D eigenvalue weighted by Gasteiger charge is 2.09. The van der Waals surface area contributed by atoms with Gasteiger partial charge in [0.25, 0.3) is 5.91 Å². The lowest BCUT2D eigenvalue weighted by Gasteiger charge is -2.09. The van der Waals surface area contributed by atoms with Crippen LogP contribution in [0.5, 0.6) is 5.75 Å². The first-order valence-electron chi connectivity index (χ1n) is 7.87. The van der Waals surface area contributed by atoms with Gasteiger partial charge in [0.2, 0.25) is 0 Å². The maximum atomic E-state index is 12.3. The molecule has 0 bridgehead atoms. The molecule has 0 saturated carbocycles. The smallest absolute Gasteiger partial charge is 0.274 e. The number of anilines is 3. The highest BCUT2D eigenvalue weighted by atomic mass is 16.5. The van der Waals surface area contributed by atoms with E-state index in [0.29, 0.717) is 28.4 Å². The predicted molar refractivity (Wildman–Crippen MR) is 99.6 cm³/mol. The molecule has 26 heavy (non-hydrogen) atoms. The molecule has 2 N–H and O–H groups in total. The van der Waals surface area contributed by atoms with E-state index in [1.807, 2.05) is 12.1 Å². The summed E-state index contributed by atoms with van der Waals surface area (Å²) >= 11 is 0. The van der Waals surface area contributed by atoms with Gasteiger partial charge in [0.05, 0.1) is 30.2 Å². The quantitative estimate of drug-likeness (QED) is 0.731. The molecule has 3 rings (SSSR count). The van der Waals surface area contributed by atoms with E-state index in [-0.39, 0.29) is 11.6 Å². The zero-order valence-corrected chi connectivity index (χ0v) is 14.1. The highest BCUT2D eigenvalue weighted by molar-refractivity contribution is 6.03. The van der Waals surface area contributed by atoms with Crippen molar-refractivity contribution in [3.63, 3.8) is 0 Å². The molecule has 0 aliphatic rings. The van der Waals surface area contributed by atoms with Crippen molar-refractivity contribution < 1.29 is 9.53 Å². The average Bonchev–Trinajstić information content (AvgIpc) is 2.69. The summed E-state index contributed by atoms with van der Waals surface area (Å²) < 4.78 is 5.14. The maximum Gasteiger partial charge on any atom is 0.274 e. The Morgan fingerprint density at radius 3 is 2.65 bits per heavy atom. The number of aromatic nitrogens is 1. The minimum Gasteiger partial charge on any atom is -0.497 e. The Labute approximate surface area is 151 Å². The van der Waals surface area contributed by atoms with Gasteiger partial charge in [0.1, 0.15) is 17.5 Å². The van der Waals surface area contributed by atoms with E-state index >= 15 is 0 Å². The standard InChI is InChI=1S/C20H16N4O2/c1-26-17-7-4-6-15(11-17)24-20(25)19-10-9-16(13-22-19)23-18-8-3-2-5-14(18)12-21/h2-11,13,23H,1H3,(H,24,25). The van der Waals surface area contributed by atoms with Crippen molar-refractivity contribution in [2.45, 2.75) is 0 Å². The second kappa shape index (κ2) is 7.81. The number of pyridine rings is 1. The van der Waals surface area contributed by atoms with E-state index in [1.54, 1.807) is 61.8 Å². The zero-order valence-electron chi connectivity index (χ0n) is 14.1. The number of benzene rings is 2. The Morgan fingerprint density at radius 1 is 1.08 bits per heavy atom. The Hall–Kier alpha value is -3.85. The van der Waals surface area contributed by atoms with Gasteiger partial charge in [-0.15, -0.1) is 0 Å². The van der Waals surface area contributed by atoms with Crippen molar-refractivity contribution in [1.29, 1.82) is 5.26 Å². The first-order valence-corrected chi connectivity index (χ1v) is 7.87. The number of hydrogen-bond donors (Lipinski definition) is 2. The summed E-state index contributed by atoms with van der Waals surface area (Å²) in [6.07, 6.45) is 1.55. The number of methoxy groups -OCH3 is 1. The summed E-state index contributed by atoms with van der Waals surface area (Å²) in [4.78, 5) is 16.5. The molecule has 0 fully saturated rings. The molecule has 1 heterocycles. The maximum absolute atomic E-state index is 12.3. The van der Waals surface area contributed by atoms with E-state index in [2.05, 4.69) is 21.7 Å². The second-order valence-corrected chi connectivity index (χ2v) is 5.40. The van der Waals surface area contributed by atoms with E-state index in [9.17, 15) is 4.79 Å². The van der Waals surface area contributed by atoms with Gasteiger partial charge in [-0.25, -0.2) is 4.98 Å². The summed E-state index contributed by atoms with van der Waals surface area (Å²) in [5, 5.41) is 15.0. The number of amides is 1. The molecule has 0 atom stereocenters. The fourth-order valence-electron chi connectivity index (χ4n) is 2.34. The lowest BCUT2D eigenvalue weighted by atomic mass is 10.2. The van der Waals surface area contributed by atoms with Crippen LogP contribution in [0.4, 0.5) is 17.1 Å². The molecule has 2 aromatic carbocycles. The molecule has 0 unspecified atom stereocenters. The molecular formula is C20H16N4O2. The number of para-hydroxylation sites is 1. The third-order valence-electron chi connectivity index (χ3n) is 3.65. The van der Waals surface area contributed by atoms with Gasteiger partial charge in [0, 0.05) is 11.8 Å². The van der Waals surface area contributed by atoms with Gasteiger partial charge in [0.15, 0.2) is 0 Å². The molecule has 0 aliphatic carbocycles. The first-order chi connectivity index (χ1) is 12.7. The summed E-state index contributed by atoms with van der Waals surface area (Å²) in [5.41, 5.74) is 2.82. The molecule has 0 aliphatic heterocycles. The molecule has 0 radical (unpaired) electrons. The summed E-state index contributed by atoms with van der Waals surface area (Å²) in [6.45, 7) is 0. The normalized spacial score (nSPS) is 9.85. The summed E-state index contributed by atoms with van der Waals surface area (Å²) in [5.74, 6) is 0.341. The Balaban J connectivity index is 1.70. The van der Waals surface area contributed by atoms with Crippen LogP contribution in [0.2, 0.25) is 0 Å². The topological polar surface area (TPSA) is 87.0 Å². The lowest BCUT2D eigenvalue weighted by Crippen LogP contribution is -2.13. The molecule has 128 valence electrons. The lowest BCUT2D eigenvalue weighted by molar-refractivity contribution is 0.102. The average molecular weight is 344 g/mol. The van der Waals surface area contributed by atoms with Crippen LogP contribution in [-0.4, -0.2) is 18.0 Å². The van der Waals surface area contributed by atoms with Gasteiger partial charge in [-0.1, -0.05) is 18.2 Å². The van der Waals surface area contributed by atoms with Crippen molar-refractivity contribution >= 4 is 23.0 Å². The number of nitrogens with one attached hydrogen (secondary N) is 2. The molecule has 0 saturated heterocycles. The van der Waals surface area contributed by atoms with E-state index in [4.69, 9.17) is 10.00 Å². The number of ether oxygens (including phenoxy) is 1. The van der Waals surface area contributed by atoms with E-state index in [1.165, 1.54) is 0 Å². The number of carbonyl (C=O) groups is 1. The number of hydrogen-bond acceptors (Lipinski definition) is 5. The molecule has 0 spiro atoms. The molecule has 1 aromatic heterocycles. The second-order valence-electron chi connectivity index (χ2n) is 5.40. The first kappa shape index (κ1) is 17.0. The van der Waals surface area contributed by atoms with Gasteiger partial charge in [-0.05, 0) is 36.4 Å². The molecule has 6 nitrogen and oxygen atoms in total. The van der Waals surface area contributed by atoms with Crippen molar-refractivity contribution in [2.24, 2.45) is 0 Å². The number of nitriles is 1. The Morgan fingerprint density at radius 2 is 1.92 bits per heavy atom. The molecule has 6 heteroatoms. The van der Waals surface area contributed by atoms with Crippen LogP contribution in [0.1, 0.15) is 16.1 Å². The third-order valence-corrected chi connectivity index (χ3v) is 3.65. The van der Waals surface area contributed by atoms with Crippen LogP contribution in [0, 0.1) is 11.3 Å². The van der Waals surface area contributed by atoms with Gasteiger partial charge >= 0.3 is 0 Å². The summed E-state index contributed by atoms with van der Waals surface area (Å²) in [6, 6.07) is 19.7. The molecule has 1 amide bonds. The Bertz CT molecular complexity index is 962. The van der Waals surface area contributed by atoms with Crippen LogP contribution in [0.15, 0.2) is 66.9 Å². The number of carbonyl (C=O) groups excluding carboxylic acids is 1. The highest BCUT2D eigenvalue weighted by Crippen LogP contribution is 2.20. The van der Waals surface area contributed by atoms with Crippen molar-refractivity contribution in [3.8, 4) is 11.8 Å². The largest absolute Gasteiger partial charge is 0.497 e.